The topological polar surface area (TPSA) is 17.1 Å². The van der Waals surface area contributed by atoms with Crippen LogP contribution in [0.5, 0.6) is 0 Å². The van der Waals surface area contributed by atoms with Crippen molar-refractivity contribution >= 4 is 16.2 Å². The molecular weight excluding hydrogens is 109 g/mol. The molecule has 0 N–H and O–H groups in total. The van der Waals surface area contributed by atoms with Gasteiger partial charge in [0.25, 0.3) is 0 Å². The monoisotopic (exact) mass is 111 g/mol. The Morgan fingerprint density at radius 1 is 1.50 bits per heavy atom. The maximum atomic E-state index is 8.28. The van der Waals surface area contributed by atoms with Crippen molar-refractivity contribution in [2.45, 2.75) is 0 Å². The molecule has 0 aliphatic heterocycles. The third-order valence-electron chi connectivity index (χ3n) is 0. The molecule has 4 heavy (non-hydrogen) atoms. The predicted octanol–water partition coefficient (Wildman–Crippen LogP) is -3.65. The summed E-state index contributed by atoms with van der Waals surface area (Å²) in [4.78, 5) is 0. The normalized spacial score (nSPS) is 0.750. The molecule has 0 aliphatic rings. The third kappa shape index (κ3) is 9.89. The Morgan fingerprint density at radius 3 is 1.50 bits per heavy atom. The number of hydrogen-bond donors (Lipinski definition) is 0. The third-order valence-corrected chi connectivity index (χ3v) is 0. The van der Waals surface area contributed by atoms with Crippen molar-refractivity contribution in [1.82, 2.24) is 0 Å². The summed E-state index contributed by atoms with van der Waals surface area (Å²) in [5, 5.41) is 0. The second-order valence-electron chi connectivity index (χ2n) is 0. The van der Waals surface area contributed by atoms with E-state index < -0.39 is 0 Å². The van der Waals surface area contributed by atoms with Gasteiger partial charge < -0.3 is 1.43 Å². The van der Waals surface area contributed by atoms with Gasteiger partial charge in [-0.15, -0.1) is 0 Å². The van der Waals surface area contributed by atoms with Gasteiger partial charge in [0, 0.05) is 16.8 Å². The molecule has 0 spiro atoms. The molecule has 21 valence electrons. The van der Waals surface area contributed by atoms with Gasteiger partial charge in [0.15, 0.2) is 0 Å². The van der Waals surface area contributed by atoms with Crippen LogP contribution < -0.4 is 18.9 Å². The van der Waals surface area contributed by atoms with Crippen molar-refractivity contribution in [2.75, 3.05) is 0 Å². The minimum absolute atomic E-state index is 0. The summed E-state index contributed by atoms with van der Waals surface area (Å²) in [5.74, 6) is 0. The molecule has 0 saturated carbocycles. The summed E-state index contributed by atoms with van der Waals surface area (Å²) >= 11 is 0.611. The number of rotatable bonds is 0. The molecule has 4 heteroatoms. The van der Waals surface area contributed by atoms with Crippen LogP contribution in [-0.2, 0) is 20.6 Å². The Morgan fingerprint density at radius 2 is 1.50 bits per heavy atom. The van der Waals surface area contributed by atoms with E-state index in [4.69, 9.17) is 3.80 Å². The number of hydrogen-bond acceptors (Lipinski definition) is 1. The van der Waals surface area contributed by atoms with Gasteiger partial charge in [-0.05, 0) is 0 Å². The van der Waals surface area contributed by atoms with Gasteiger partial charge in [0.05, 0.1) is 0 Å². The van der Waals surface area contributed by atoms with E-state index in [0.29, 0.717) is 16.2 Å². The maximum absolute atomic E-state index is 8.28. The molecule has 0 heterocycles. The fourth-order valence-electron chi connectivity index (χ4n) is 0. The quantitative estimate of drug-likeness (QED) is 0.294. The van der Waals surface area contributed by atoms with Gasteiger partial charge in [0.1, 0.15) is 0 Å². The fraction of sp³-hybridized carbons (Fsp3) is 0. The minimum atomic E-state index is 0. The van der Waals surface area contributed by atoms with Gasteiger partial charge in [0.2, 0.25) is 0 Å². The Labute approximate surface area is 57.0 Å². The zero-order valence-corrected chi connectivity index (χ0v) is 4.90. The van der Waals surface area contributed by atoms with E-state index in [-0.39, 0.29) is 37.1 Å². The standard InChI is InChI=1S/Al.Co.Li.O.2H/q;;+1;;;-1. The Balaban J connectivity index is -0.00000000167. The molecule has 0 aromatic carbocycles. The van der Waals surface area contributed by atoms with Crippen molar-refractivity contribution < 1.29 is 40.9 Å². The van der Waals surface area contributed by atoms with E-state index in [1.807, 2.05) is 0 Å². The summed E-state index contributed by atoms with van der Waals surface area (Å²) in [7, 11) is 0. The summed E-state index contributed by atoms with van der Waals surface area (Å²) in [6.07, 6.45) is 0. The molecule has 0 amide bonds. The van der Waals surface area contributed by atoms with Crippen molar-refractivity contribution in [1.29, 1.82) is 0 Å². The summed E-state index contributed by atoms with van der Waals surface area (Å²) in [6.45, 7) is 0. The van der Waals surface area contributed by atoms with Gasteiger partial charge in [-0.3, -0.25) is 0 Å². The van der Waals surface area contributed by atoms with Crippen LogP contribution >= 0.6 is 0 Å². The SMILES string of the molecule is [Co].[H-].[Li+].[O]=[AlH]. The van der Waals surface area contributed by atoms with E-state index in [9.17, 15) is 0 Å². The van der Waals surface area contributed by atoms with E-state index in [2.05, 4.69) is 0 Å². The van der Waals surface area contributed by atoms with Gasteiger partial charge in [-0.25, -0.2) is 0 Å². The van der Waals surface area contributed by atoms with E-state index in [0.717, 1.165) is 0 Å². The molecule has 0 unspecified atom stereocenters. The summed E-state index contributed by atoms with van der Waals surface area (Å²) in [5.41, 5.74) is 0. The molecule has 0 fully saturated rings. The molecule has 0 aliphatic carbocycles. The molecule has 0 aromatic heterocycles. The molecule has 0 rings (SSSR count). The van der Waals surface area contributed by atoms with Crippen LogP contribution in [0.25, 0.3) is 0 Å². The van der Waals surface area contributed by atoms with Gasteiger partial charge >= 0.3 is 38.9 Å². The second-order valence-corrected chi connectivity index (χ2v) is 0. The van der Waals surface area contributed by atoms with Crippen molar-refractivity contribution in [3.63, 3.8) is 0 Å². The van der Waals surface area contributed by atoms with Crippen LogP contribution in [0.4, 0.5) is 0 Å². The van der Waals surface area contributed by atoms with Crippen LogP contribution in [0.3, 0.4) is 0 Å². The first-order valence-corrected chi connectivity index (χ1v) is 0.866. The second kappa shape index (κ2) is 25.4. The average molecular weight is 111 g/mol. The zero-order valence-electron chi connectivity index (χ0n) is 3.45. The van der Waals surface area contributed by atoms with Crippen LogP contribution in [0, 0.1) is 0 Å². The molecule has 1 nitrogen and oxygen atoms in total. The van der Waals surface area contributed by atoms with Crippen LogP contribution in [0.1, 0.15) is 1.43 Å². The Hall–Kier alpha value is 1.44. The first-order valence-electron chi connectivity index (χ1n) is 0.289. The first kappa shape index (κ1) is 18.0. The average Bonchev–Trinajstić information content (AvgIpc) is 1.00. The van der Waals surface area contributed by atoms with Crippen LogP contribution in [-0.4, -0.2) is 16.2 Å². The summed E-state index contributed by atoms with van der Waals surface area (Å²) < 4.78 is 8.28. The van der Waals surface area contributed by atoms with Crippen molar-refractivity contribution in [3.05, 3.63) is 0 Å². The van der Waals surface area contributed by atoms with Crippen LogP contribution in [0.2, 0.25) is 0 Å². The molecular formula is H2AlCoLiO. The van der Waals surface area contributed by atoms with Crippen LogP contribution in [0.15, 0.2) is 0 Å². The van der Waals surface area contributed by atoms with E-state index >= 15 is 0 Å². The van der Waals surface area contributed by atoms with E-state index in [1.165, 1.54) is 0 Å². The predicted molar refractivity (Wildman–Crippen MR) is 8.95 cm³/mol. The molecule has 0 aromatic rings. The first-order chi connectivity index (χ1) is 1.00. The molecule has 0 atom stereocenters. The fourth-order valence-corrected chi connectivity index (χ4v) is 0. The van der Waals surface area contributed by atoms with Crippen molar-refractivity contribution in [3.8, 4) is 0 Å². The molecule has 1 radical (unpaired) electrons. The van der Waals surface area contributed by atoms with Gasteiger partial charge in [-0.2, -0.15) is 0 Å². The van der Waals surface area contributed by atoms with E-state index in [1.54, 1.807) is 0 Å². The molecule has 0 bridgehead atoms. The molecule has 0 saturated heterocycles. The van der Waals surface area contributed by atoms with Crippen molar-refractivity contribution in [2.24, 2.45) is 0 Å². The Kier molecular flexibility index (Phi) is 114. The van der Waals surface area contributed by atoms with Gasteiger partial charge in [-0.1, -0.05) is 0 Å². The zero-order chi connectivity index (χ0) is 2.00. The summed E-state index contributed by atoms with van der Waals surface area (Å²) in [6, 6.07) is 0. The Bertz CT molecular complexity index is 11.6.